The largest absolute Gasteiger partial charge is 0.495 e. The van der Waals surface area contributed by atoms with Gasteiger partial charge < -0.3 is 10.1 Å². The Labute approximate surface area is 132 Å². The predicted octanol–water partition coefficient (Wildman–Crippen LogP) is 3.66. The third-order valence-electron chi connectivity index (χ3n) is 3.74. The molecule has 0 unspecified atom stereocenters. The van der Waals surface area contributed by atoms with Crippen molar-refractivity contribution in [3.63, 3.8) is 0 Å². The number of ether oxygens (including phenoxy) is 1. The molecular weight excluding hydrogens is 311 g/mol. The van der Waals surface area contributed by atoms with Crippen LogP contribution in [0.5, 0.6) is 5.75 Å². The number of carbonyl (C=O) groups excluding carboxylic acids is 1. The molecule has 0 bridgehead atoms. The van der Waals surface area contributed by atoms with Crippen molar-refractivity contribution in [2.45, 2.75) is 12.3 Å². The number of aromatic nitrogens is 1. The van der Waals surface area contributed by atoms with E-state index in [1.165, 1.54) is 7.11 Å². The van der Waals surface area contributed by atoms with Crippen molar-refractivity contribution < 1.29 is 9.53 Å². The summed E-state index contributed by atoms with van der Waals surface area (Å²) < 4.78 is 5.34. The van der Waals surface area contributed by atoms with Crippen LogP contribution < -0.4 is 10.1 Å². The van der Waals surface area contributed by atoms with Crippen molar-refractivity contribution >= 4 is 34.8 Å². The Morgan fingerprint density at radius 2 is 2.00 bits per heavy atom. The molecule has 2 aromatic rings. The number of carbonyl (C=O) groups is 1. The fourth-order valence-corrected chi connectivity index (χ4v) is 2.93. The lowest BCUT2D eigenvalue weighted by Crippen LogP contribution is -2.33. The van der Waals surface area contributed by atoms with Crippen LogP contribution in [0.3, 0.4) is 0 Å². The van der Waals surface area contributed by atoms with Gasteiger partial charge in [0.15, 0.2) is 0 Å². The summed E-state index contributed by atoms with van der Waals surface area (Å²) in [5.41, 5.74) is 0.982. The fraction of sp³-hybridized carbons (Fsp3) is 0.200. The second kappa shape index (κ2) is 4.90. The minimum atomic E-state index is -0.976. The van der Waals surface area contributed by atoms with Crippen LogP contribution in [-0.4, -0.2) is 18.0 Å². The van der Waals surface area contributed by atoms with E-state index >= 15 is 0 Å². The molecule has 2 heterocycles. The molecular formula is C15H12Cl2N2O2. The number of rotatable bonds is 2. The Morgan fingerprint density at radius 1 is 1.24 bits per heavy atom. The lowest BCUT2D eigenvalue weighted by Gasteiger charge is -2.23. The maximum absolute atomic E-state index is 12.6. The Morgan fingerprint density at radius 3 is 2.71 bits per heavy atom. The SMILES string of the molecule is COc1ccc(Cl)nc1[C@@]1(C)C(=O)Nc2cc(Cl)ccc21. The first kappa shape index (κ1) is 14.2. The van der Waals surface area contributed by atoms with Gasteiger partial charge in [-0.2, -0.15) is 0 Å². The van der Waals surface area contributed by atoms with Gasteiger partial charge in [0.2, 0.25) is 5.91 Å². The molecule has 1 aromatic carbocycles. The number of halogens is 2. The van der Waals surface area contributed by atoms with E-state index in [0.29, 0.717) is 27.3 Å². The first-order valence-corrected chi connectivity index (χ1v) is 7.05. The van der Waals surface area contributed by atoms with E-state index in [0.717, 1.165) is 5.56 Å². The van der Waals surface area contributed by atoms with E-state index in [1.807, 2.05) is 6.07 Å². The molecule has 0 fully saturated rings. The highest BCUT2D eigenvalue weighted by Crippen LogP contribution is 2.45. The summed E-state index contributed by atoms with van der Waals surface area (Å²) in [6, 6.07) is 8.62. The lowest BCUT2D eigenvalue weighted by molar-refractivity contribution is -0.119. The Kier molecular flexibility index (Phi) is 3.30. The molecule has 1 N–H and O–H groups in total. The second-order valence-electron chi connectivity index (χ2n) is 4.95. The molecule has 0 spiro atoms. The zero-order valence-corrected chi connectivity index (χ0v) is 12.9. The summed E-state index contributed by atoms with van der Waals surface area (Å²) >= 11 is 12.0. The van der Waals surface area contributed by atoms with Crippen LogP contribution in [0, 0.1) is 0 Å². The zero-order chi connectivity index (χ0) is 15.2. The third-order valence-corrected chi connectivity index (χ3v) is 4.19. The number of nitrogens with zero attached hydrogens (tertiary/aromatic N) is 1. The van der Waals surface area contributed by atoms with Crippen LogP contribution >= 0.6 is 23.2 Å². The van der Waals surface area contributed by atoms with Gasteiger partial charge in [-0.05, 0) is 36.8 Å². The summed E-state index contributed by atoms with van der Waals surface area (Å²) in [6.07, 6.45) is 0. The molecule has 3 rings (SSSR count). The molecule has 21 heavy (non-hydrogen) atoms. The van der Waals surface area contributed by atoms with Crippen LogP contribution in [0.1, 0.15) is 18.2 Å². The topological polar surface area (TPSA) is 51.2 Å². The minimum absolute atomic E-state index is 0.187. The smallest absolute Gasteiger partial charge is 0.241 e. The predicted molar refractivity (Wildman–Crippen MR) is 82.3 cm³/mol. The van der Waals surface area contributed by atoms with Gasteiger partial charge >= 0.3 is 0 Å². The molecule has 6 heteroatoms. The van der Waals surface area contributed by atoms with E-state index < -0.39 is 5.41 Å². The summed E-state index contributed by atoms with van der Waals surface area (Å²) in [6.45, 7) is 1.79. The summed E-state index contributed by atoms with van der Waals surface area (Å²) in [7, 11) is 1.54. The highest BCUT2D eigenvalue weighted by Gasteiger charge is 2.47. The minimum Gasteiger partial charge on any atom is -0.495 e. The van der Waals surface area contributed by atoms with E-state index in [4.69, 9.17) is 27.9 Å². The van der Waals surface area contributed by atoms with E-state index in [2.05, 4.69) is 10.3 Å². The van der Waals surface area contributed by atoms with Gasteiger partial charge in [-0.15, -0.1) is 0 Å². The van der Waals surface area contributed by atoms with Crippen molar-refractivity contribution in [1.29, 1.82) is 0 Å². The van der Waals surface area contributed by atoms with Gasteiger partial charge in [-0.3, -0.25) is 4.79 Å². The van der Waals surface area contributed by atoms with Crippen molar-refractivity contribution in [3.8, 4) is 5.75 Å². The Balaban J connectivity index is 2.27. The van der Waals surface area contributed by atoms with Gasteiger partial charge in [-0.1, -0.05) is 29.3 Å². The summed E-state index contributed by atoms with van der Waals surface area (Å²) in [5, 5.41) is 3.70. The van der Waals surface area contributed by atoms with Crippen molar-refractivity contribution in [1.82, 2.24) is 4.98 Å². The molecule has 1 aliphatic heterocycles. The zero-order valence-electron chi connectivity index (χ0n) is 11.4. The number of fused-ring (bicyclic) bond motifs is 1. The number of nitrogens with one attached hydrogen (secondary N) is 1. The molecule has 108 valence electrons. The van der Waals surface area contributed by atoms with Crippen molar-refractivity contribution in [3.05, 3.63) is 51.8 Å². The Bertz CT molecular complexity index is 748. The van der Waals surface area contributed by atoms with Gasteiger partial charge in [0, 0.05) is 10.7 Å². The highest BCUT2D eigenvalue weighted by molar-refractivity contribution is 6.31. The summed E-state index contributed by atoms with van der Waals surface area (Å²) in [4.78, 5) is 16.9. The van der Waals surface area contributed by atoms with Crippen LogP contribution in [-0.2, 0) is 10.2 Å². The molecule has 0 radical (unpaired) electrons. The van der Waals surface area contributed by atoms with E-state index in [1.54, 1.807) is 31.2 Å². The quantitative estimate of drug-likeness (QED) is 0.858. The van der Waals surface area contributed by atoms with E-state index in [9.17, 15) is 4.79 Å². The molecule has 1 atom stereocenters. The van der Waals surface area contributed by atoms with Crippen LogP contribution in [0.15, 0.2) is 30.3 Å². The van der Waals surface area contributed by atoms with Gasteiger partial charge in [0.1, 0.15) is 22.0 Å². The Hall–Kier alpha value is -1.78. The normalized spacial score (nSPS) is 20.1. The van der Waals surface area contributed by atoms with Gasteiger partial charge in [-0.25, -0.2) is 4.98 Å². The van der Waals surface area contributed by atoms with Crippen LogP contribution in [0.4, 0.5) is 5.69 Å². The maximum Gasteiger partial charge on any atom is 0.241 e. The number of benzene rings is 1. The molecule has 4 nitrogen and oxygen atoms in total. The average Bonchev–Trinajstić information content (AvgIpc) is 2.70. The summed E-state index contributed by atoms with van der Waals surface area (Å²) in [5.74, 6) is 0.327. The van der Waals surface area contributed by atoms with Crippen molar-refractivity contribution in [2.75, 3.05) is 12.4 Å². The molecule has 1 amide bonds. The highest BCUT2D eigenvalue weighted by atomic mass is 35.5. The molecule has 1 aliphatic rings. The first-order valence-electron chi connectivity index (χ1n) is 6.29. The number of hydrogen-bond acceptors (Lipinski definition) is 3. The molecule has 0 aliphatic carbocycles. The van der Waals surface area contributed by atoms with Gasteiger partial charge in [0.25, 0.3) is 0 Å². The number of amides is 1. The first-order chi connectivity index (χ1) is 9.96. The second-order valence-corrected chi connectivity index (χ2v) is 5.78. The maximum atomic E-state index is 12.6. The molecule has 1 aromatic heterocycles. The molecule has 0 saturated heterocycles. The number of anilines is 1. The van der Waals surface area contributed by atoms with Crippen LogP contribution in [0.25, 0.3) is 0 Å². The third kappa shape index (κ3) is 2.06. The van der Waals surface area contributed by atoms with Crippen LogP contribution in [0.2, 0.25) is 10.2 Å². The van der Waals surface area contributed by atoms with Gasteiger partial charge in [0.05, 0.1) is 7.11 Å². The van der Waals surface area contributed by atoms with E-state index in [-0.39, 0.29) is 5.91 Å². The standard InChI is InChI=1S/C15H12Cl2N2O2/c1-15(13-11(21-2)5-6-12(17)19-13)9-4-3-8(16)7-10(9)18-14(15)20/h3-7H,1-2H3,(H,18,20)/t15-/m0/s1. The number of pyridine rings is 1. The monoisotopic (exact) mass is 322 g/mol. The van der Waals surface area contributed by atoms with Crippen molar-refractivity contribution in [2.24, 2.45) is 0 Å². The number of methoxy groups -OCH3 is 1. The fourth-order valence-electron chi connectivity index (χ4n) is 2.61. The average molecular weight is 323 g/mol. The lowest BCUT2D eigenvalue weighted by atomic mass is 9.80. The number of hydrogen-bond donors (Lipinski definition) is 1. The molecule has 0 saturated carbocycles.